The van der Waals surface area contributed by atoms with Crippen LogP contribution in [0, 0.1) is 16.9 Å². The molecule has 170 valence electrons. The van der Waals surface area contributed by atoms with Crippen LogP contribution in [0.2, 0.25) is 5.02 Å². The van der Waals surface area contributed by atoms with Gasteiger partial charge in [-0.2, -0.15) is 0 Å². The van der Waals surface area contributed by atoms with Crippen LogP contribution in [0.3, 0.4) is 0 Å². The molecule has 0 aliphatic rings. The Morgan fingerprint density at radius 3 is 2.69 bits per heavy atom. The highest BCUT2D eigenvalue weighted by molar-refractivity contribution is 6.30. The van der Waals surface area contributed by atoms with Crippen molar-refractivity contribution in [1.82, 2.24) is 4.73 Å². The summed E-state index contributed by atoms with van der Waals surface area (Å²) in [5.41, 5.74) is -0.568. The molecule has 7 nitrogen and oxygen atoms in total. The number of rotatable bonds is 8. The Labute approximate surface area is 188 Å². The summed E-state index contributed by atoms with van der Waals surface area (Å²) in [6.45, 7) is 1.57. The lowest BCUT2D eigenvalue weighted by Crippen LogP contribution is -2.20. The molecule has 32 heavy (non-hydrogen) atoms. The van der Waals surface area contributed by atoms with Crippen molar-refractivity contribution in [3.05, 3.63) is 79.5 Å². The fourth-order valence-corrected chi connectivity index (χ4v) is 4.06. The third-order valence-electron chi connectivity index (χ3n) is 5.74. The van der Waals surface area contributed by atoms with Crippen molar-refractivity contribution >= 4 is 28.5 Å². The molecule has 2 N–H and O–H groups in total. The number of aliphatic hydroxyl groups excluding tert-OH is 1. The second-order valence-electron chi connectivity index (χ2n) is 7.63. The molecule has 2 atom stereocenters. The van der Waals surface area contributed by atoms with Gasteiger partial charge in [-0.1, -0.05) is 30.7 Å². The van der Waals surface area contributed by atoms with Gasteiger partial charge in [-0.3, -0.25) is 4.79 Å². The number of fused-ring (bicyclic) bond motifs is 1. The van der Waals surface area contributed by atoms with Crippen molar-refractivity contribution < 1.29 is 24.1 Å². The van der Waals surface area contributed by atoms with E-state index < -0.39 is 28.7 Å². The predicted molar refractivity (Wildman–Crippen MR) is 119 cm³/mol. The van der Waals surface area contributed by atoms with E-state index in [1.54, 1.807) is 12.1 Å². The van der Waals surface area contributed by atoms with E-state index in [2.05, 4.69) is 0 Å². The molecule has 0 aliphatic carbocycles. The van der Waals surface area contributed by atoms with Crippen molar-refractivity contribution in [2.45, 2.75) is 25.7 Å². The van der Waals surface area contributed by atoms with Gasteiger partial charge in [0.1, 0.15) is 17.1 Å². The molecule has 0 amide bonds. The molecule has 0 saturated heterocycles. The van der Waals surface area contributed by atoms with Gasteiger partial charge in [0.05, 0.1) is 24.3 Å². The summed E-state index contributed by atoms with van der Waals surface area (Å²) in [6, 6.07) is 7.53. The number of aliphatic hydroxyl groups is 1. The number of methoxy groups -OCH3 is 1. The van der Waals surface area contributed by atoms with Crippen molar-refractivity contribution in [2.75, 3.05) is 13.7 Å². The number of hydrogen-bond donors (Lipinski definition) is 2. The molecule has 1 heterocycles. The molecule has 0 spiro atoms. The zero-order valence-electron chi connectivity index (χ0n) is 17.5. The summed E-state index contributed by atoms with van der Waals surface area (Å²) in [5.74, 6) is -2.40. The number of hydrogen-bond acceptors (Lipinski definition) is 5. The van der Waals surface area contributed by atoms with E-state index in [9.17, 15) is 29.4 Å². The van der Waals surface area contributed by atoms with Gasteiger partial charge in [0.25, 0.3) is 0 Å². The minimum Gasteiger partial charge on any atom is -0.806 e. The Bertz CT molecular complexity index is 1230. The number of nitrogens with zero attached hydrogens (tertiary/aromatic N) is 1. The molecule has 2 aromatic carbocycles. The van der Waals surface area contributed by atoms with Gasteiger partial charge in [-0.05, 0) is 36.5 Å². The molecule has 3 rings (SSSR count). The van der Waals surface area contributed by atoms with Crippen LogP contribution >= 0.6 is 11.6 Å². The Hall–Kier alpha value is -3.10. The second kappa shape index (κ2) is 9.58. The summed E-state index contributed by atoms with van der Waals surface area (Å²) in [7, 11) is 1.39. The average molecular weight is 463 g/mol. The van der Waals surface area contributed by atoms with Gasteiger partial charge >= 0.3 is 5.97 Å². The van der Waals surface area contributed by atoms with E-state index in [0.29, 0.717) is 28.7 Å². The van der Waals surface area contributed by atoms with Crippen molar-refractivity contribution in [1.29, 1.82) is 0 Å². The number of carboxylic acids is 1. The SMILES string of the molecule is COc1cc2c(cc1C(CO)[C@@H](C)CCc1cccc(Cl)c1F)c(=O)c(C(=O)O)cn2[O-]. The fourth-order valence-electron chi connectivity index (χ4n) is 3.87. The molecule has 0 bridgehead atoms. The largest absolute Gasteiger partial charge is 0.806 e. The summed E-state index contributed by atoms with van der Waals surface area (Å²) in [6.07, 6.45) is 1.58. The molecule has 0 saturated carbocycles. The predicted octanol–water partition coefficient (Wildman–Crippen LogP) is 4.19. The third-order valence-corrected chi connectivity index (χ3v) is 6.03. The monoisotopic (exact) mass is 462 g/mol. The highest BCUT2D eigenvalue weighted by Crippen LogP contribution is 2.36. The lowest BCUT2D eigenvalue weighted by Gasteiger charge is -2.26. The smallest absolute Gasteiger partial charge is 0.341 e. The number of carbonyl (C=O) groups is 1. The van der Waals surface area contributed by atoms with Gasteiger partial charge < -0.3 is 24.9 Å². The molecule has 1 aromatic heterocycles. The average Bonchev–Trinajstić information content (AvgIpc) is 2.77. The molecule has 0 fully saturated rings. The van der Waals surface area contributed by atoms with Crippen LogP contribution in [0.25, 0.3) is 10.9 Å². The first-order valence-corrected chi connectivity index (χ1v) is 10.3. The first-order chi connectivity index (χ1) is 15.2. The fraction of sp³-hybridized carbons (Fsp3) is 0.304. The van der Waals surface area contributed by atoms with Crippen molar-refractivity contribution in [3.63, 3.8) is 0 Å². The highest BCUT2D eigenvalue weighted by Gasteiger charge is 2.25. The standard InChI is InChI=1S/C23H22ClFNO6/c1-12(6-7-13-4-3-5-18(24)21(13)25)17(11-27)14-8-15-19(9-20(14)32-2)26(31)10-16(22(15)28)23(29)30/h3-5,8-10,12,17,27H,6-7,11H2,1-2H3,(H,29,30)/q-1/t12-,17?/m0/s1. The molecular formula is C23H22ClFNO6-. The number of ether oxygens (including phenoxy) is 1. The van der Waals surface area contributed by atoms with Gasteiger partial charge in [0, 0.05) is 29.1 Å². The Kier molecular flexibility index (Phi) is 7.06. The number of aryl methyl sites for hydroxylation is 1. The minimum absolute atomic E-state index is 0.0354. The van der Waals surface area contributed by atoms with Gasteiger partial charge in [-0.15, -0.1) is 0 Å². The zero-order chi connectivity index (χ0) is 23.6. The van der Waals surface area contributed by atoms with Crippen LogP contribution in [0.5, 0.6) is 5.75 Å². The number of aromatic nitrogens is 1. The summed E-state index contributed by atoms with van der Waals surface area (Å²) < 4.78 is 19.9. The van der Waals surface area contributed by atoms with Crippen molar-refractivity contribution in [2.24, 2.45) is 5.92 Å². The summed E-state index contributed by atoms with van der Waals surface area (Å²) in [4.78, 5) is 24.0. The number of halogens is 2. The molecule has 1 unspecified atom stereocenters. The lowest BCUT2D eigenvalue weighted by molar-refractivity contribution is 0.0695. The molecule has 0 aliphatic heterocycles. The second-order valence-corrected chi connectivity index (χ2v) is 8.04. The number of benzene rings is 2. The van der Waals surface area contributed by atoms with Crippen LogP contribution < -0.4 is 10.2 Å². The lowest BCUT2D eigenvalue weighted by atomic mass is 9.83. The van der Waals surface area contributed by atoms with Crippen LogP contribution in [0.1, 0.15) is 40.7 Å². The Balaban J connectivity index is 2.02. The molecule has 9 heteroatoms. The van der Waals surface area contributed by atoms with Crippen LogP contribution in [-0.2, 0) is 6.42 Å². The van der Waals surface area contributed by atoms with Gasteiger partial charge in [-0.25, -0.2) is 9.18 Å². The normalized spacial score (nSPS) is 13.2. The number of aromatic carboxylic acids is 1. The van der Waals surface area contributed by atoms with Gasteiger partial charge in [0.2, 0.25) is 5.43 Å². The maximum Gasteiger partial charge on any atom is 0.341 e. The highest BCUT2D eigenvalue weighted by atomic mass is 35.5. The zero-order valence-corrected chi connectivity index (χ0v) is 18.2. The minimum atomic E-state index is -1.51. The third kappa shape index (κ3) is 4.42. The first-order valence-electron chi connectivity index (χ1n) is 9.91. The van der Waals surface area contributed by atoms with Gasteiger partial charge in [0.15, 0.2) is 0 Å². The number of pyridine rings is 1. The summed E-state index contributed by atoms with van der Waals surface area (Å²) >= 11 is 5.84. The van der Waals surface area contributed by atoms with E-state index in [4.69, 9.17) is 16.3 Å². The Morgan fingerprint density at radius 2 is 2.06 bits per heavy atom. The molecule has 0 radical (unpaired) electrons. The first kappa shape index (κ1) is 23.6. The quantitative estimate of drug-likeness (QED) is 0.519. The molecule has 3 aromatic rings. The van der Waals surface area contributed by atoms with E-state index in [0.717, 1.165) is 6.20 Å². The molecular weight excluding hydrogens is 441 g/mol. The maximum atomic E-state index is 14.2. The Morgan fingerprint density at radius 1 is 1.34 bits per heavy atom. The van der Waals surface area contributed by atoms with Crippen LogP contribution in [-0.4, -0.2) is 34.6 Å². The van der Waals surface area contributed by atoms with Crippen LogP contribution in [0.15, 0.2) is 41.3 Å². The topological polar surface area (TPSA) is 112 Å². The number of carboxylic acid groups (broad SMARTS) is 1. The van der Waals surface area contributed by atoms with E-state index in [-0.39, 0.29) is 34.2 Å². The van der Waals surface area contributed by atoms with E-state index in [1.165, 1.54) is 25.3 Å². The van der Waals surface area contributed by atoms with Crippen LogP contribution in [0.4, 0.5) is 4.39 Å². The van der Waals surface area contributed by atoms with E-state index in [1.807, 2.05) is 6.92 Å². The van der Waals surface area contributed by atoms with Crippen molar-refractivity contribution in [3.8, 4) is 5.75 Å². The summed E-state index contributed by atoms with van der Waals surface area (Å²) in [5, 5.41) is 31.6. The van der Waals surface area contributed by atoms with E-state index >= 15 is 0 Å². The maximum absolute atomic E-state index is 14.2.